The van der Waals surface area contributed by atoms with Crippen molar-refractivity contribution in [2.45, 2.75) is 83.2 Å². The van der Waals surface area contributed by atoms with E-state index >= 15 is 4.39 Å². The van der Waals surface area contributed by atoms with Gasteiger partial charge in [0.1, 0.15) is 11.9 Å². The summed E-state index contributed by atoms with van der Waals surface area (Å²) in [5.41, 5.74) is -0.127. The molecule has 3 fully saturated rings. The Morgan fingerprint density at radius 3 is 2.27 bits per heavy atom. The highest BCUT2D eigenvalue weighted by Gasteiger charge is 2.46. The highest BCUT2D eigenvalue weighted by molar-refractivity contribution is 6.25. The number of alkyl halides is 3. The van der Waals surface area contributed by atoms with Crippen LogP contribution in [-0.2, 0) is 27.1 Å². The fourth-order valence-electron chi connectivity index (χ4n) is 10.4. The van der Waals surface area contributed by atoms with E-state index in [4.69, 9.17) is 0 Å². The standard InChI is InChI=1S/C52H58F4N12O7/c1-30-27-67(28-31(2)63(30)3)42-23-38(53)35(21-40(42)61-47(72)36-26-58-44(70)22-37(36)52(54,55)56)33-12-15-66(16-13-33)51-59-24-32(25-60-51)29-64-17-19-65(20-18-64)45(71)9-4-5-14-57-39-8-6-7-34-46(39)50(75)68(49(34)74)41-10-11-43(69)62-48(41)73/h6-8,12,21-26,30-31,41,57H,4-5,9-11,13-20,27-29H2,1-3H3,(H,58,70)(H,61,72)(H,62,69,73)/t30-,31+,41?. The number of anilines is 4. The molecule has 7 heterocycles. The van der Waals surface area contributed by atoms with Gasteiger partial charge in [0.15, 0.2) is 0 Å². The first kappa shape index (κ1) is 52.3. The van der Waals surface area contributed by atoms with Crippen LogP contribution in [0.25, 0.3) is 5.57 Å². The van der Waals surface area contributed by atoms with Gasteiger partial charge in [-0.1, -0.05) is 12.1 Å². The molecule has 0 saturated carbocycles. The van der Waals surface area contributed by atoms with Gasteiger partial charge < -0.3 is 30.3 Å². The zero-order chi connectivity index (χ0) is 53.3. The summed E-state index contributed by atoms with van der Waals surface area (Å²) in [5.74, 6) is -3.39. The molecule has 0 spiro atoms. The van der Waals surface area contributed by atoms with Crippen LogP contribution in [0, 0.1) is 5.82 Å². The molecule has 4 aromatic rings. The number of aromatic amines is 1. The van der Waals surface area contributed by atoms with Crippen LogP contribution in [0.1, 0.15) is 100 Å². The van der Waals surface area contributed by atoms with Crippen molar-refractivity contribution >= 4 is 64.0 Å². The number of unbranched alkanes of at least 4 members (excludes halogenated alkanes) is 1. The van der Waals surface area contributed by atoms with Crippen molar-refractivity contribution in [3.05, 3.63) is 111 Å². The molecule has 75 heavy (non-hydrogen) atoms. The van der Waals surface area contributed by atoms with Crippen molar-refractivity contribution in [1.82, 2.24) is 39.9 Å². The minimum Gasteiger partial charge on any atom is -0.384 e. The summed E-state index contributed by atoms with van der Waals surface area (Å²) in [7, 11) is 1.98. The fraction of sp³-hybridized carbons (Fsp3) is 0.442. The van der Waals surface area contributed by atoms with Crippen LogP contribution < -0.4 is 31.3 Å². The van der Waals surface area contributed by atoms with Crippen LogP contribution in [0.15, 0.2) is 65.9 Å². The summed E-state index contributed by atoms with van der Waals surface area (Å²) in [4.78, 5) is 112. The summed E-state index contributed by atoms with van der Waals surface area (Å²) in [6.45, 7) is 9.23. The average molecular weight is 1040 g/mol. The molecular formula is C52H58F4N12O7. The Kier molecular flexibility index (Phi) is 15.2. The summed E-state index contributed by atoms with van der Waals surface area (Å²) in [5, 5.41) is 8.05. The molecule has 0 bridgehead atoms. The Bertz CT molecular complexity index is 2980. The smallest absolute Gasteiger partial charge is 0.384 e. The SMILES string of the molecule is C[C@@H]1CN(c2cc(F)c(C3=CCN(c4ncc(CN5CCN(C(=O)CCCCNc6cccc7c6C(=O)N(C6CCC(=O)NC6=O)C7=O)CC5)cn4)CC3)cc2NC(=O)c2c[nH]c(=O)cc2C(F)(F)F)C[C@H](C)N1C. The van der Waals surface area contributed by atoms with Gasteiger partial charge in [0, 0.05) is 132 Å². The number of carbonyl (C=O) groups excluding carboxylic acids is 6. The Morgan fingerprint density at radius 2 is 1.59 bits per heavy atom. The van der Waals surface area contributed by atoms with Crippen LogP contribution in [0.3, 0.4) is 0 Å². The van der Waals surface area contributed by atoms with Crippen molar-refractivity contribution in [2.24, 2.45) is 0 Å². The third-order valence-corrected chi connectivity index (χ3v) is 14.8. The number of piperazine rings is 2. The molecule has 23 heteroatoms. The summed E-state index contributed by atoms with van der Waals surface area (Å²) in [6, 6.07) is 7.07. The number of hydrogen-bond donors (Lipinski definition) is 4. The Morgan fingerprint density at radius 1 is 0.853 bits per heavy atom. The van der Waals surface area contributed by atoms with Crippen molar-refractivity contribution in [1.29, 1.82) is 0 Å². The minimum absolute atomic E-state index is 0.0340. The van der Waals surface area contributed by atoms with Crippen molar-refractivity contribution in [3.8, 4) is 0 Å². The monoisotopic (exact) mass is 1040 g/mol. The minimum atomic E-state index is -4.98. The molecule has 0 radical (unpaired) electrons. The van der Waals surface area contributed by atoms with Crippen molar-refractivity contribution in [2.75, 3.05) is 86.4 Å². The Labute approximate surface area is 429 Å². The number of nitrogens with one attached hydrogen (secondary N) is 4. The second kappa shape index (κ2) is 21.7. The van der Waals surface area contributed by atoms with Gasteiger partial charge in [0.05, 0.1) is 33.6 Å². The molecule has 2 aromatic carbocycles. The van der Waals surface area contributed by atoms with E-state index in [9.17, 15) is 46.7 Å². The van der Waals surface area contributed by atoms with E-state index in [1.807, 2.05) is 41.7 Å². The molecule has 6 amide bonds. The van der Waals surface area contributed by atoms with Gasteiger partial charge in [-0.2, -0.15) is 13.2 Å². The lowest BCUT2D eigenvalue weighted by atomic mass is 9.97. The van der Waals surface area contributed by atoms with Gasteiger partial charge in [-0.15, -0.1) is 0 Å². The number of rotatable bonds is 14. The molecule has 19 nitrogen and oxygen atoms in total. The third kappa shape index (κ3) is 11.3. The number of carbonyl (C=O) groups is 6. The van der Waals surface area contributed by atoms with E-state index in [0.717, 1.165) is 16.7 Å². The van der Waals surface area contributed by atoms with Gasteiger partial charge in [0.25, 0.3) is 17.7 Å². The predicted molar refractivity (Wildman–Crippen MR) is 269 cm³/mol. The highest BCUT2D eigenvalue weighted by atomic mass is 19.4. The van der Waals surface area contributed by atoms with E-state index in [0.29, 0.717) is 120 Å². The lowest BCUT2D eigenvalue weighted by Crippen LogP contribution is -2.55. The van der Waals surface area contributed by atoms with Gasteiger partial charge in [-0.05, 0) is 76.4 Å². The molecule has 3 atom stereocenters. The maximum Gasteiger partial charge on any atom is 0.417 e. The zero-order valence-electron chi connectivity index (χ0n) is 41.8. The second-order valence-corrected chi connectivity index (χ2v) is 19.7. The van der Waals surface area contributed by atoms with Crippen LogP contribution in [0.5, 0.6) is 0 Å². The predicted octanol–water partition coefficient (Wildman–Crippen LogP) is 4.73. The second-order valence-electron chi connectivity index (χ2n) is 19.7. The maximum absolute atomic E-state index is 16.2. The molecular weight excluding hydrogens is 981 g/mol. The van der Waals surface area contributed by atoms with E-state index in [1.165, 1.54) is 12.1 Å². The lowest BCUT2D eigenvalue weighted by molar-refractivity contribution is -0.138. The number of fused-ring (bicyclic) bond motifs is 1. The summed E-state index contributed by atoms with van der Waals surface area (Å²) < 4.78 is 58.2. The number of hydrogen-bond acceptors (Lipinski definition) is 14. The van der Waals surface area contributed by atoms with Crippen molar-refractivity contribution in [3.63, 3.8) is 0 Å². The Balaban J connectivity index is 0.755. The molecule has 4 N–H and O–H groups in total. The van der Waals surface area contributed by atoms with Crippen molar-refractivity contribution < 1.29 is 46.3 Å². The number of benzene rings is 2. The highest BCUT2D eigenvalue weighted by Crippen LogP contribution is 2.38. The topological polar surface area (TPSA) is 217 Å². The molecule has 0 aliphatic carbocycles. The normalized spacial score (nSPS) is 20.8. The van der Waals surface area contributed by atoms with Gasteiger partial charge in [-0.25, -0.2) is 14.4 Å². The number of H-pyrrole nitrogens is 1. The summed E-state index contributed by atoms with van der Waals surface area (Å²) >= 11 is 0. The largest absolute Gasteiger partial charge is 0.417 e. The molecule has 396 valence electrons. The van der Waals surface area contributed by atoms with E-state index in [2.05, 4.69) is 40.7 Å². The van der Waals surface area contributed by atoms with E-state index < -0.39 is 64.3 Å². The van der Waals surface area contributed by atoms with Gasteiger partial charge >= 0.3 is 6.18 Å². The number of amides is 6. The first-order valence-corrected chi connectivity index (χ1v) is 25.1. The number of piperidine rings is 1. The van der Waals surface area contributed by atoms with E-state index in [-0.39, 0.29) is 53.2 Å². The number of imide groups is 2. The number of nitrogens with zero attached hydrogens (tertiary/aromatic N) is 8. The van der Waals surface area contributed by atoms with Crippen LogP contribution in [-0.4, -0.2) is 154 Å². The van der Waals surface area contributed by atoms with Gasteiger partial charge in [0.2, 0.25) is 29.2 Å². The molecule has 5 aliphatic rings. The molecule has 2 aromatic heterocycles. The fourth-order valence-corrected chi connectivity index (χ4v) is 10.4. The van der Waals surface area contributed by atoms with Crippen LogP contribution in [0.2, 0.25) is 0 Å². The van der Waals surface area contributed by atoms with Gasteiger partial charge in [-0.3, -0.25) is 53.6 Å². The Hall–Kier alpha value is -7.53. The maximum atomic E-state index is 16.2. The van der Waals surface area contributed by atoms with Crippen LogP contribution in [0.4, 0.5) is 40.6 Å². The molecule has 1 unspecified atom stereocenters. The average Bonchev–Trinajstić information content (AvgIpc) is 3.64. The van der Waals surface area contributed by atoms with Crippen LogP contribution >= 0.6 is 0 Å². The number of halogens is 4. The zero-order valence-corrected chi connectivity index (χ0v) is 41.8. The van der Waals surface area contributed by atoms with E-state index in [1.54, 1.807) is 30.6 Å². The lowest BCUT2D eigenvalue weighted by Gasteiger charge is -2.44. The number of likely N-dealkylation sites (N-methyl/N-ethyl adjacent to an activating group) is 1. The first-order valence-electron chi connectivity index (χ1n) is 25.1. The first-order chi connectivity index (χ1) is 35.8. The quantitative estimate of drug-likeness (QED) is 0.0764. The molecule has 9 rings (SSSR count). The number of pyridine rings is 1. The summed E-state index contributed by atoms with van der Waals surface area (Å²) in [6.07, 6.45) is 3.19. The molecule has 3 saturated heterocycles. The third-order valence-electron chi connectivity index (χ3n) is 14.8. The molecule has 5 aliphatic heterocycles. The number of aromatic nitrogens is 3.